The van der Waals surface area contributed by atoms with Crippen molar-refractivity contribution >= 4 is 44.8 Å². The number of piperidine rings is 1. The molecule has 1 N–H and O–H groups in total. The van der Waals surface area contributed by atoms with Crippen LogP contribution in [0.5, 0.6) is 0 Å². The van der Waals surface area contributed by atoms with Crippen LogP contribution in [0.1, 0.15) is 46.3 Å². The molecule has 0 spiro atoms. The number of carbonyl (C=O) groups is 1. The smallest absolute Gasteiger partial charge is 0.251 e. The summed E-state index contributed by atoms with van der Waals surface area (Å²) in [6.45, 7) is 3.51. The van der Waals surface area contributed by atoms with E-state index >= 15 is 0 Å². The molecule has 0 aromatic heterocycles. The number of carbonyl (C=O) groups excluding carboxylic acids is 1. The molecule has 0 radical (unpaired) electrons. The Morgan fingerprint density at radius 1 is 0.892 bits per heavy atom. The fraction of sp³-hybridized carbons (Fsp3) is 0.321. The number of amides is 1. The summed E-state index contributed by atoms with van der Waals surface area (Å²) in [6, 6.07) is 19.7. The molecule has 0 atom stereocenters. The van der Waals surface area contributed by atoms with Gasteiger partial charge in [0.1, 0.15) is 0 Å². The minimum absolute atomic E-state index is 0.0172. The molecule has 6 nitrogen and oxygen atoms in total. The number of rotatable bonds is 9. The zero-order valence-corrected chi connectivity index (χ0v) is 23.1. The van der Waals surface area contributed by atoms with E-state index in [1.54, 1.807) is 42.5 Å². The maximum Gasteiger partial charge on any atom is 0.251 e. The van der Waals surface area contributed by atoms with Crippen LogP contribution < -0.4 is 9.62 Å². The van der Waals surface area contributed by atoms with Gasteiger partial charge in [0.15, 0.2) is 0 Å². The van der Waals surface area contributed by atoms with Crippen LogP contribution in [0.3, 0.4) is 0 Å². The Balaban J connectivity index is 1.44. The molecule has 1 heterocycles. The molecule has 0 saturated carbocycles. The van der Waals surface area contributed by atoms with Crippen molar-refractivity contribution in [2.24, 2.45) is 0 Å². The van der Waals surface area contributed by atoms with Gasteiger partial charge in [0.25, 0.3) is 5.91 Å². The SMILES string of the molecule is CS(=O)(=O)N(Cc1c(Cl)cccc1Cl)c1ccc(C(=O)NCc2ccccc2CN2CCCCC2)cc1. The van der Waals surface area contributed by atoms with E-state index in [2.05, 4.69) is 16.3 Å². The van der Waals surface area contributed by atoms with Crippen LogP contribution in [-0.2, 0) is 29.7 Å². The predicted molar refractivity (Wildman–Crippen MR) is 151 cm³/mol. The molecule has 3 aromatic carbocycles. The zero-order valence-electron chi connectivity index (χ0n) is 20.8. The molecule has 9 heteroatoms. The number of likely N-dealkylation sites (tertiary alicyclic amines) is 1. The predicted octanol–water partition coefficient (Wildman–Crippen LogP) is 5.88. The van der Waals surface area contributed by atoms with Crippen LogP contribution >= 0.6 is 23.2 Å². The van der Waals surface area contributed by atoms with Gasteiger partial charge in [-0.05, 0) is 73.5 Å². The fourth-order valence-corrected chi connectivity index (χ4v) is 5.91. The molecule has 1 aliphatic rings. The van der Waals surface area contributed by atoms with Gasteiger partial charge in [0.05, 0.1) is 18.5 Å². The van der Waals surface area contributed by atoms with Gasteiger partial charge >= 0.3 is 0 Å². The van der Waals surface area contributed by atoms with Crippen molar-refractivity contribution in [3.05, 3.63) is 99.0 Å². The average Bonchev–Trinajstić information content (AvgIpc) is 2.88. The lowest BCUT2D eigenvalue weighted by molar-refractivity contribution is 0.0950. The van der Waals surface area contributed by atoms with Crippen LogP contribution in [0.4, 0.5) is 5.69 Å². The Hall–Kier alpha value is -2.58. The van der Waals surface area contributed by atoms with Crippen LogP contribution in [0, 0.1) is 0 Å². The third-order valence-electron chi connectivity index (χ3n) is 6.58. The summed E-state index contributed by atoms with van der Waals surface area (Å²) < 4.78 is 26.4. The first kappa shape index (κ1) is 27.5. The molecule has 0 aliphatic carbocycles. The van der Waals surface area contributed by atoms with Gasteiger partial charge < -0.3 is 5.32 Å². The number of hydrogen-bond donors (Lipinski definition) is 1. The highest BCUT2D eigenvalue weighted by atomic mass is 35.5. The first-order valence-corrected chi connectivity index (χ1v) is 14.9. The third-order valence-corrected chi connectivity index (χ3v) is 8.43. The number of benzene rings is 3. The third kappa shape index (κ3) is 7.26. The van der Waals surface area contributed by atoms with Crippen molar-refractivity contribution in [1.29, 1.82) is 0 Å². The standard InChI is InChI=1S/C28H31Cl2N3O3S/c1-37(35,36)33(20-25-26(29)10-7-11-27(25)30)24-14-12-21(13-15-24)28(34)31-18-22-8-3-4-9-23(22)19-32-16-5-2-6-17-32/h3-4,7-15H,2,5-6,16-20H2,1H3,(H,31,34). The highest BCUT2D eigenvalue weighted by molar-refractivity contribution is 7.92. The molecule has 1 amide bonds. The number of halogens is 2. The molecule has 37 heavy (non-hydrogen) atoms. The van der Waals surface area contributed by atoms with Gasteiger partial charge in [0, 0.05) is 34.3 Å². The summed E-state index contributed by atoms with van der Waals surface area (Å²) in [6.07, 6.45) is 4.89. The Bertz CT molecular complexity index is 1320. The van der Waals surface area contributed by atoms with E-state index in [-0.39, 0.29) is 12.5 Å². The van der Waals surface area contributed by atoms with Crippen LogP contribution in [0.2, 0.25) is 10.0 Å². The quantitative estimate of drug-likeness (QED) is 0.355. The minimum Gasteiger partial charge on any atom is -0.348 e. The molecular weight excluding hydrogens is 529 g/mol. The number of nitrogens with zero attached hydrogens (tertiary/aromatic N) is 2. The van der Waals surface area contributed by atoms with Gasteiger partial charge in [-0.3, -0.25) is 14.0 Å². The van der Waals surface area contributed by atoms with Gasteiger partial charge in [-0.2, -0.15) is 0 Å². The maximum atomic E-state index is 12.9. The summed E-state index contributed by atoms with van der Waals surface area (Å²) in [4.78, 5) is 15.4. The van der Waals surface area contributed by atoms with E-state index in [0.29, 0.717) is 33.4 Å². The second kappa shape index (κ2) is 12.3. The second-order valence-electron chi connectivity index (χ2n) is 9.30. The van der Waals surface area contributed by atoms with Gasteiger partial charge in [0.2, 0.25) is 10.0 Å². The Labute approximate surface area is 229 Å². The summed E-state index contributed by atoms with van der Waals surface area (Å²) in [5.41, 5.74) is 3.70. The van der Waals surface area contributed by atoms with Gasteiger partial charge in [-0.1, -0.05) is 60.0 Å². The molecule has 196 valence electrons. The lowest BCUT2D eigenvalue weighted by atomic mass is 10.0. The summed E-state index contributed by atoms with van der Waals surface area (Å²) in [7, 11) is -3.63. The van der Waals surface area contributed by atoms with Crippen molar-refractivity contribution in [3.63, 3.8) is 0 Å². The molecule has 1 saturated heterocycles. The minimum atomic E-state index is -3.63. The normalized spacial score (nSPS) is 14.4. The van der Waals surface area contributed by atoms with E-state index in [0.717, 1.165) is 31.5 Å². The highest BCUT2D eigenvalue weighted by Crippen LogP contribution is 2.29. The molecule has 3 aromatic rings. The number of hydrogen-bond acceptors (Lipinski definition) is 4. The second-order valence-corrected chi connectivity index (χ2v) is 12.0. The van der Waals surface area contributed by atoms with E-state index in [1.165, 1.54) is 29.1 Å². The van der Waals surface area contributed by atoms with E-state index in [4.69, 9.17) is 23.2 Å². The van der Waals surface area contributed by atoms with Gasteiger partial charge in [-0.25, -0.2) is 8.42 Å². The van der Waals surface area contributed by atoms with Crippen molar-refractivity contribution in [1.82, 2.24) is 10.2 Å². The Morgan fingerprint density at radius 2 is 1.51 bits per heavy atom. The fourth-order valence-electron chi connectivity index (χ4n) is 4.53. The molecule has 1 aliphatic heterocycles. The maximum absolute atomic E-state index is 12.9. The number of nitrogens with one attached hydrogen (secondary N) is 1. The first-order valence-electron chi connectivity index (χ1n) is 12.3. The topological polar surface area (TPSA) is 69.7 Å². The molecular formula is C28H31Cl2N3O3S. The number of sulfonamides is 1. The monoisotopic (exact) mass is 559 g/mol. The van der Waals surface area contributed by atoms with Crippen LogP contribution in [0.25, 0.3) is 0 Å². The van der Waals surface area contributed by atoms with Crippen LogP contribution in [-0.4, -0.2) is 38.6 Å². The highest BCUT2D eigenvalue weighted by Gasteiger charge is 2.21. The van der Waals surface area contributed by atoms with Gasteiger partial charge in [-0.15, -0.1) is 0 Å². The lowest BCUT2D eigenvalue weighted by Crippen LogP contribution is -2.30. The van der Waals surface area contributed by atoms with Crippen LogP contribution in [0.15, 0.2) is 66.7 Å². The molecule has 4 rings (SSSR count). The summed E-state index contributed by atoms with van der Waals surface area (Å²) in [5.74, 6) is -0.223. The molecule has 0 bridgehead atoms. The van der Waals surface area contributed by atoms with Crippen molar-refractivity contribution in [3.8, 4) is 0 Å². The van der Waals surface area contributed by atoms with Crippen molar-refractivity contribution in [2.75, 3.05) is 23.7 Å². The first-order chi connectivity index (χ1) is 17.7. The molecule has 0 unspecified atom stereocenters. The number of anilines is 1. The lowest BCUT2D eigenvalue weighted by Gasteiger charge is -2.27. The van der Waals surface area contributed by atoms with Crippen molar-refractivity contribution < 1.29 is 13.2 Å². The van der Waals surface area contributed by atoms with E-state index in [1.807, 2.05) is 18.2 Å². The Morgan fingerprint density at radius 3 is 2.14 bits per heavy atom. The molecule has 1 fully saturated rings. The summed E-state index contributed by atoms with van der Waals surface area (Å²) >= 11 is 12.5. The zero-order chi connectivity index (χ0) is 26.4. The summed E-state index contributed by atoms with van der Waals surface area (Å²) in [5, 5.41) is 3.78. The largest absolute Gasteiger partial charge is 0.348 e. The Kier molecular flexibility index (Phi) is 9.13. The van der Waals surface area contributed by atoms with E-state index in [9.17, 15) is 13.2 Å². The average molecular weight is 561 g/mol. The van der Waals surface area contributed by atoms with Crippen molar-refractivity contribution in [2.45, 2.75) is 38.9 Å². The van der Waals surface area contributed by atoms with E-state index < -0.39 is 10.0 Å².